The molecule has 0 atom stereocenters. The molecule has 1 aromatic heterocycles. The van der Waals surface area contributed by atoms with Crippen LogP contribution in [0, 0.1) is 0 Å². The SMILES string of the molecule is Cn1ccc(=O)n(CC(=O)c2ccc(N3CCCC3=O)cc2)c1=O. The number of Topliss-reactive ketones (excluding diaryl/α,β-unsaturated/α-hetero) is 1. The number of rotatable bonds is 4. The molecule has 24 heavy (non-hydrogen) atoms. The smallest absolute Gasteiger partial charge is 0.312 e. The van der Waals surface area contributed by atoms with Crippen LogP contribution >= 0.6 is 0 Å². The van der Waals surface area contributed by atoms with Crippen LogP contribution in [0.2, 0.25) is 0 Å². The summed E-state index contributed by atoms with van der Waals surface area (Å²) in [6.45, 7) is 0.371. The molecule has 3 rings (SSSR count). The van der Waals surface area contributed by atoms with Crippen LogP contribution < -0.4 is 16.1 Å². The van der Waals surface area contributed by atoms with Crippen molar-refractivity contribution in [1.29, 1.82) is 0 Å². The molecule has 0 aliphatic carbocycles. The van der Waals surface area contributed by atoms with Gasteiger partial charge in [-0.2, -0.15) is 0 Å². The molecule has 1 aromatic carbocycles. The summed E-state index contributed by atoms with van der Waals surface area (Å²) >= 11 is 0. The molecule has 1 aliphatic heterocycles. The van der Waals surface area contributed by atoms with E-state index in [1.54, 1.807) is 29.2 Å². The van der Waals surface area contributed by atoms with Gasteiger partial charge in [0.05, 0.1) is 6.54 Å². The normalized spacial score (nSPS) is 14.2. The van der Waals surface area contributed by atoms with Crippen molar-refractivity contribution in [2.45, 2.75) is 19.4 Å². The summed E-state index contributed by atoms with van der Waals surface area (Å²) < 4.78 is 2.15. The molecule has 1 fully saturated rings. The Morgan fingerprint density at radius 1 is 1.08 bits per heavy atom. The fourth-order valence-corrected chi connectivity index (χ4v) is 2.74. The fraction of sp³-hybridized carbons (Fsp3) is 0.294. The van der Waals surface area contributed by atoms with E-state index >= 15 is 0 Å². The molecule has 0 radical (unpaired) electrons. The predicted molar refractivity (Wildman–Crippen MR) is 88.3 cm³/mol. The first-order valence-corrected chi connectivity index (χ1v) is 7.67. The van der Waals surface area contributed by atoms with Crippen LogP contribution in [0.5, 0.6) is 0 Å². The molecule has 0 spiro atoms. The lowest BCUT2D eigenvalue weighted by molar-refractivity contribution is -0.117. The molecular formula is C17H17N3O4. The van der Waals surface area contributed by atoms with Crippen LogP contribution in [-0.4, -0.2) is 27.4 Å². The number of aromatic nitrogens is 2. The zero-order valence-electron chi connectivity index (χ0n) is 13.3. The second-order valence-corrected chi connectivity index (χ2v) is 5.75. The summed E-state index contributed by atoms with van der Waals surface area (Å²) in [7, 11) is 1.52. The van der Waals surface area contributed by atoms with Gasteiger partial charge in [-0.1, -0.05) is 0 Å². The monoisotopic (exact) mass is 327 g/mol. The summed E-state index contributed by atoms with van der Waals surface area (Å²) in [5.41, 5.74) is 0.103. The van der Waals surface area contributed by atoms with Gasteiger partial charge >= 0.3 is 5.69 Å². The van der Waals surface area contributed by atoms with E-state index in [9.17, 15) is 19.2 Å². The third-order valence-electron chi connectivity index (χ3n) is 4.12. The third kappa shape index (κ3) is 2.92. The van der Waals surface area contributed by atoms with E-state index < -0.39 is 11.2 Å². The Morgan fingerprint density at radius 3 is 2.42 bits per heavy atom. The Labute approximate surface area is 137 Å². The first-order chi connectivity index (χ1) is 11.5. The number of hydrogen-bond donors (Lipinski definition) is 0. The minimum Gasteiger partial charge on any atom is -0.312 e. The van der Waals surface area contributed by atoms with Crippen LogP contribution in [0.3, 0.4) is 0 Å². The zero-order chi connectivity index (χ0) is 17.3. The second kappa shape index (κ2) is 6.27. The van der Waals surface area contributed by atoms with Crippen molar-refractivity contribution in [3.63, 3.8) is 0 Å². The molecule has 0 N–H and O–H groups in total. The Balaban J connectivity index is 1.81. The van der Waals surface area contributed by atoms with Crippen LogP contribution in [0.4, 0.5) is 5.69 Å². The zero-order valence-corrected chi connectivity index (χ0v) is 13.3. The van der Waals surface area contributed by atoms with E-state index in [1.165, 1.54) is 23.9 Å². The number of amides is 1. The van der Waals surface area contributed by atoms with Crippen LogP contribution in [0.25, 0.3) is 0 Å². The van der Waals surface area contributed by atoms with Crippen molar-refractivity contribution in [3.8, 4) is 0 Å². The van der Waals surface area contributed by atoms with E-state index in [0.29, 0.717) is 18.5 Å². The molecule has 2 aromatic rings. The standard InChI is InChI=1S/C17H17N3O4/c1-18-10-8-16(23)20(17(18)24)11-14(21)12-4-6-13(7-5-12)19-9-2-3-15(19)22/h4-8,10H,2-3,9,11H2,1H3. The Hall–Kier alpha value is -2.96. The number of carbonyl (C=O) groups excluding carboxylic acids is 2. The molecule has 0 unspecified atom stereocenters. The third-order valence-corrected chi connectivity index (χ3v) is 4.12. The second-order valence-electron chi connectivity index (χ2n) is 5.75. The number of aryl methyl sites for hydroxylation is 1. The molecule has 7 nitrogen and oxygen atoms in total. The number of ketones is 1. The van der Waals surface area contributed by atoms with Crippen molar-refractivity contribution in [2.24, 2.45) is 7.05 Å². The number of benzene rings is 1. The van der Waals surface area contributed by atoms with E-state index in [2.05, 4.69) is 0 Å². The van der Waals surface area contributed by atoms with Gasteiger partial charge in [0, 0.05) is 43.5 Å². The highest BCUT2D eigenvalue weighted by Crippen LogP contribution is 2.21. The minimum absolute atomic E-state index is 0.0772. The Morgan fingerprint density at radius 2 is 1.79 bits per heavy atom. The number of hydrogen-bond acceptors (Lipinski definition) is 4. The number of carbonyl (C=O) groups is 2. The molecule has 1 amide bonds. The molecule has 0 saturated carbocycles. The van der Waals surface area contributed by atoms with Gasteiger partial charge in [0.1, 0.15) is 0 Å². The van der Waals surface area contributed by atoms with Gasteiger partial charge in [-0.05, 0) is 30.7 Å². The van der Waals surface area contributed by atoms with Crippen LogP contribution in [0.15, 0.2) is 46.1 Å². The molecule has 7 heteroatoms. The van der Waals surface area contributed by atoms with Gasteiger partial charge in [0.2, 0.25) is 5.91 Å². The van der Waals surface area contributed by atoms with Gasteiger partial charge in [0.15, 0.2) is 5.78 Å². The van der Waals surface area contributed by atoms with Crippen molar-refractivity contribution < 1.29 is 9.59 Å². The highest BCUT2D eigenvalue weighted by molar-refractivity contribution is 5.98. The van der Waals surface area contributed by atoms with Crippen molar-refractivity contribution >= 4 is 17.4 Å². The maximum absolute atomic E-state index is 12.3. The first kappa shape index (κ1) is 15.9. The van der Waals surface area contributed by atoms with Crippen LogP contribution in [0.1, 0.15) is 23.2 Å². The lowest BCUT2D eigenvalue weighted by Gasteiger charge is -2.15. The Kier molecular flexibility index (Phi) is 4.16. The Bertz CT molecular complexity index is 909. The van der Waals surface area contributed by atoms with Gasteiger partial charge < -0.3 is 9.47 Å². The maximum atomic E-state index is 12.3. The molecule has 1 aliphatic rings. The number of anilines is 1. The lowest BCUT2D eigenvalue weighted by Crippen LogP contribution is -2.39. The minimum atomic E-state index is -0.532. The average Bonchev–Trinajstić information content (AvgIpc) is 3.01. The van der Waals surface area contributed by atoms with E-state index in [-0.39, 0.29) is 18.2 Å². The van der Waals surface area contributed by atoms with E-state index in [4.69, 9.17) is 0 Å². The summed E-state index contributed by atoms with van der Waals surface area (Å²) in [5.74, 6) is -0.256. The summed E-state index contributed by atoms with van der Waals surface area (Å²) in [6.07, 6.45) is 2.74. The summed E-state index contributed by atoms with van der Waals surface area (Å²) in [6, 6.07) is 7.89. The van der Waals surface area contributed by atoms with Gasteiger partial charge in [-0.25, -0.2) is 4.79 Å². The molecule has 124 valence electrons. The van der Waals surface area contributed by atoms with Crippen molar-refractivity contribution in [3.05, 3.63) is 62.9 Å². The lowest BCUT2D eigenvalue weighted by atomic mass is 10.1. The van der Waals surface area contributed by atoms with E-state index in [1.807, 2.05) is 0 Å². The summed E-state index contributed by atoms with van der Waals surface area (Å²) in [4.78, 5) is 49.5. The average molecular weight is 327 g/mol. The van der Waals surface area contributed by atoms with Crippen LogP contribution in [-0.2, 0) is 18.4 Å². The summed E-state index contributed by atoms with van der Waals surface area (Å²) in [5, 5.41) is 0. The maximum Gasteiger partial charge on any atom is 0.331 e. The van der Waals surface area contributed by atoms with E-state index in [0.717, 1.165) is 16.7 Å². The fourth-order valence-electron chi connectivity index (χ4n) is 2.74. The van der Waals surface area contributed by atoms with Crippen molar-refractivity contribution in [2.75, 3.05) is 11.4 Å². The predicted octanol–water partition coefficient (Wildman–Crippen LogP) is 0.557. The van der Waals surface area contributed by atoms with Crippen molar-refractivity contribution in [1.82, 2.24) is 9.13 Å². The first-order valence-electron chi connectivity index (χ1n) is 7.67. The highest BCUT2D eigenvalue weighted by atomic mass is 16.2. The van der Waals surface area contributed by atoms with Gasteiger partial charge in [0.25, 0.3) is 5.56 Å². The van der Waals surface area contributed by atoms with Gasteiger partial charge in [-0.3, -0.25) is 19.0 Å². The molecular weight excluding hydrogens is 310 g/mol. The van der Waals surface area contributed by atoms with Gasteiger partial charge in [-0.15, -0.1) is 0 Å². The topological polar surface area (TPSA) is 81.4 Å². The quantitative estimate of drug-likeness (QED) is 0.768. The molecule has 1 saturated heterocycles. The molecule has 0 bridgehead atoms. The highest BCUT2D eigenvalue weighted by Gasteiger charge is 2.21. The molecule has 2 heterocycles. The number of nitrogens with zero attached hydrogens (tertiary/aromatic N) is 3. The largest absolute Gasteiger partial charge is 0.331 e.